The van der Waals surface area contributed by atoms with Crippen LogP contribution < -0.4 is 10.9 Å². The van der Waals surface area contributed by atoms with Gasteiger partial charge in [-0.2, -0.15) is 5.10 Å². The smallest absolute Gasteiger partial charge is 0.266 e. The number of hydrogen-bond acceptors (Lipinski definition) is 5. The van der Waals surface area contributed by atoms with Crippen LogP contribution in [0.3, 0.4) is 0 Å². The van der Waals surface area contributed by atoms with Crippen molar-refractivity contribution in [2.75, 3.05) is 18.5 Å². The van der Waals surface area contributed by atoms with E-state index in [-0.39, 0.29) is 23.1 Å². The number of nitrogens with zero attached hydrogens (tertiary/aromatic N) is 2. The zero-order valence-electron chi connectivity index (χ0n) is 11.0. The molecule has 1 saturated carbocycles. The Labute approximate surface area is 111 Å². The van der Waals surface area contributed by atoms with Crippen LogP contribution in [0.4, 0.5) is 5.82 Å². The van der Waals surface area contributed by atoms with E-state index in [9.17, 15) is 9.90 Å². The second kappa shape index (κ2) is 4.61. The zero-order valence-corrected chi connectivity index (χ0v) is 11.0. The van der Waals surface area contributed by atoms with Crippen LogP contribution in [0.2, 0.25) is 0 Å². The first kappa shape index (κ1) is 12.6. The van der Waals surface area contributed by atoms with E-state index >= 15 is 0 Å². The molecule has 1 saturated heterocycles. The van der Waals surface area contributed by atoms with Crippen molar-refractivity contribution in [2.24, 2.45) is 12.5 Å². The predicted molar refractivity (Wildman–Crippen MR) is 70.0 cm³/mol. The number of nitrogens with one attached hydrogen (secondary N) is 1. The fourth-order valence-corrected chi connectivity index (χ4v) is 3.16. The molecule has 0 bridgehead atoms. The van der Waals surface area contributed by atoms with E-state index in [1.807, 2.05) is 0 Å². The quantitative estimate of drug-likeness (QED) is 0.794. The number of aliphatic hydroxyl groups excluding tert-OH is 1. The van der Waals surface area contributed by atoms with E-state index in [1.165, 1.54) is 10.7 Å². The summed E-state index contributed by atoms with van der Waals surface area (Å²) in [6.45, 7) is 1.41. The van der Waals surface area contributed by atoms with Gasteiger partial charge in [0.05, 0.1) is 6.10 Å². The van der Waals surface area contributed by atoms with Gasteiger partial charge in [0, 0.05) is 37.8 Å². The summed E-state index contributed by atoms with van der Waals surface area (Å²) in [6, 6.07) is 3.40. The number of aliphatic hydroxyl groups is 1. The number of rotatable bonds is 2. The predicted octanol–water partition coefficient (Wildman–Crippen LogP) is 0.122. The van der Waals surface area contributed by atoms with Crippen LogP contribution in [0.5, 0.6) is 0 Å². The summed E-state index contributed by atoms with van der Waals surface area (Å²) in [4.78, 5) is 11.3. The lowest BCUT2D eigenvalue weighted by atomic mass is 9.58. The van der Waals surface area contributed by atoms with Gasteiger partial charge in [-0.3, -0.25) is 4.79 Å². The minimum atomic E-state index is -0.263. The maximum atomic E-state index is 11.3. The Kier molecular flexibility index (Phi) is 3.06. The molecule has 3 rings (SSSR count). The highest BCUT2D eigenvalue weighted by molar-refractivity contribution is 5.36. The van der Waals surface area contributed by atoms with Gasteiger partial charge in [0.2, 0.25) is 0 Å². The van der Waals surface area contributed by atoms with Crippen LogP contribution in [0.25, 0.3) is 0 Å². The molecule has 19 heavy (non-hydrogen) atoms. The fraction of sp³-hybridized carbons (Fsp3) is 0.692. The molecule has 0 radical (unpaired) electrons. The van der Waals surface area contributed by atoms with Gasteiger partial charge in [-0.1, -0.05) is 0 Å². The van der Waals surface area contributed by atoms with Crippen molar-refractivity contribution in [3.8, 4) is 0 Å². The zero-order chi connectivity index (χ0) is 13.5. The second-order valence-electron chi connectivity index (χ2n) is 5.47. The number of anilines is 1. The fourth-order valence-electron chi connectivity index (χ4n) is 3.16. The number of aryl methyl sites for hydroxylation is 1. The third-order valence-electron chi connectivity index (χ3n) is 4.52. The van der Waals surface area contributed by atoms with Crippen LogP contribution in [0.15, 0.2) is 16.9 Å². The molecule has 1 spiro atoms. The third kappa shape index (κ3) is 2.04. The summed E-state index contributed by atoms with van der Waals surface area (Å²) in [7, 11) is 1.63. The molecule has 2 fully saturated rings. The van der Waals surface area contributed by atoms with Crippen LogP contribution >= 0.6 is 0 Å². The van der Waals surface area contributed by atoms with Gasteiger partial charge in [0.1, 0.15) is 5.82 Å². The normalized spacial score (nSPS) is 28.9. The molecule has 6 heteroatoms. The second-order valence-corrected chi connectivity index (χ2v) is 5.47. The van der Waals surface area contributed by atoms with Crippen molar-refractivity contribution in [1.82, 2.24) is 9.78 Å². The van der Waals surface area contributed by atoms with E-state index in [2.05, 4.69) is 10.4 Å². The monoisotopic (exact) mass is 265 g/mol. The van der Waals surface area contributed by atoms with Gasteiger partial charge in [0.15, 0.2) is 0 Å². The molecule has 0 amide bonds. The van der Waals surface area contributed by atoms with Crippen molar-refractivity contribution in [3.05, 3.63) is 22.5 Å². The van der Waals surface area contributed by atoms with Crippen molar-refractivity contribution >= 4 is 5.82 Å². The summed E-state index contributed by atoms with van der Waals surface area (Å²) in [5, 5.41) is 17.6. The van der Waals surface area contributed by atoms with Crippen molar-refractivity contribution in [3.63, 3.8) is 0 Å². The van der Waals surface area contributed by atoms with Gasteiger partial charge in [-0.25, -0.2) is 4.68 Å². The van der Waals surface area contributed by atoms with Crippen LogP contribution in [0.1, 0.15) is 19.3 Å². The Hall–Kier alpha value is -1.40. The van der Waals surface area contributed by atoms with Crippen LogP contribution in [-0.2, 0) is 11.8 Å². The van der Waals surface area contributed by atoms with E-state index < -0.39 is 0 Å². The van der Waals surface area contributed by atoms with E-state index in [0.717, 1.165) is 19.3 Å². The number of hydrogen-bond donors (Lipinski definition) is 2. The van der Waals surface area contributed by atoms with E-state index in [0.29, 0.717) is 19.0 Å². The molecule has 0 unspecified atom stereocenters. The molecule has 1 aliphatic carbocycles. The average Bonchev–Trinajstić information content (AvgIpc) is 2.43. The average molecular weight is 265 g/mol. The lowest BCUT2D eigenvalue weighted by molar-refractivity contribution is -0.133. The summed E-state index contributed by atoms with van der Waals surface area (Å²) in [6.07, 6.45) is 2.21. The minimum Gasteiger partial charge on any atom is -0.392 e. The molecule has 104 valence electrons. The maximum absolute atomic E-state index is 11.3. The summed E-state index contributed by atoms with van der Waals surface area (Å²) in [5.74, 6) is 0.685. The van der Waals surface area contributed by atoms with Gasteiger partial charge >= 0.3 is 0 Å². The first-order valence-electron chi connectivity index (χ1n) is 6.68. The van der Waals surface area contributed by atoms with Gasteiger partial charge in [-0.05, 0) is 25.3 Å². The molecule has 1 aromatic heterocycles. The number of aromatic nitrogens is 2. The SMILES string of the molecule is Cn1nc(N[C@@H]2C[C@@H](O)C23CCOCC3)ccc1=O. The van der Waals surface area contributed by atoms with Crippen molar-refractivity contribution < 1.29 is 9.84 Å². The molecule has 1 aromatic rings. The highest BCUT2D eigenvalue weighted by Crippen LogP contribution is 2.49. The summed E-state index contributed by atoms with van der Waals surface area (Å²) >= 11 is 0. The minimum absolute atomic E-state index is 0.0887. The lowest BCUT2D eigenvalue weighted by Crippen LogP contribution is -2.62. The van der Waals surface area contributed by atoms with E-state index in [4.69, 9.17) is 4.74 Å². The molecular formula is C13H19N3O3. The molecule has 1 aliphatic heterocycles. The Morgan fingerprint density at radius 2 is 2.21 bits per heavy atom. The highest BCUT2D eigenvalue weighted by atomic mass is 16.5. The van der Waals surface area contributed by atoms with Crippen molar-refractivity contribution in [2.45, 2.75) is 31.4 Å². The Morgan fingerprint density at radius 3 is 2.84 bits per heavy atom. The first-order valence-corrected chi connectivity index (χ1v) is 6.68. The van der Waals surface area contributed by atoms with Gasteiger partial charge in [-0.15, -0.1) is 0 Å². The van der Waals surface area contributed by atoms with Crippen LogP contribution in [0, 0.1) is 5.41 Å². The topological polar surface area (TPSA) is 76.4 Å². The lowest BCUT2D eigenvalue weighted by Gasteiger charge is -2.55. The molecule has 0 aromatic carbocycles. The molecule has 6 nitrogen and oxygen atoms in total. The molecule has 2 N–H and O–H groups in total. The van der Waals surface area contributed by atoms with Crippen molar-refractivity contribution in [1.29, 1.82) is 0 Å². The third-order valence-corrected chi connectivity index (χ3v) is 4.52. The summed E-state index contributed by atoms with van der Waals surface area (Å²) in [5.41, 5.74) is -0.214. The molecule has 2 atom stereocenters. The summed E-state index contributed by atoms with van der Waals surface area (Å²) < 4.78 is 6.70. The van der Waals surface area contributed by atoms with Crippen LogP contribution in [-0.4, -0.2) is 40.2 Å². The van der Waals surface area contributed by atoms with E-state index in [1.54, 1.807) is 13.1 Å². The molecule has 2 aliphatic rings. The highest BCUT2D eigenvalue weighted by Gasteiger charge is 2.54. The van der Waals surface area contributed by atoms with Gasteiger partial charge < -0.3 is 15.2 Å². The largest absolute Gasteiger partial charge is 0.392 e. The standard InChI is InChI=1S/C13H19N3O3/c1-16-12(18)3-2-11(15-16)14-9-8-10(17)13(9)4-6-19-7-5-13/h2-3,9-10,17H,4-8H2,1H3,(H,14,15)/t9-,10-/m1/s1. The Balaban J connectivity index is 1.76. The molecule has 2 heterocycles. The van der Waals surface area contributed by atoms with Gasteiger partial charge in [0.25, 0.3) is 5.56 Å². The first-order chi connectivity index (χ1) is 9.12. The Morgan fingerprint density at radius 1 is 1.47 bits per heavy atom. The Bertz CT molecular complexity index is 522. The molecular weight excluding hydrogens is 246 g/mol. The number of ether oxygens (including phenoxy) is 1. The maximum Gasteiger partial charge on any atom is 0.266 e.